The molecule has 2 N–H and O–H groups in total. The van der Waals surface area contributed by atoms with Crippen molar-refractivity contribution in [1.82, 2.24) is 10.6 Å². The van der Waals surface area contributed by atoms with Crippen LogP contribution < -0.4 is 20.1 Å². The molecule has 1 aromatic carbocycles. The molecule has 1 saturated carbocycles. The highest BCUT2D eigenvalue weighted by Crippen LogP contribution is 2.24. The van der Waals surface area contributed by atoms with E-state index < -0.39 is 6.04 Å². The van der Waals surface area contributed by atoms with Gasteiger partial charge >= 0.3 is 0 Å². The molecule has 2 amide bonds. The van der Waals surface area contributed by atoms with Crippen LogP contribution in [0.3, 0.4) is 0 Å². The van der Waals surface area contributed by atoms with E-state index >= 15 is 0 Å². The van der Waals surface area contributed by atoms with E-state index in [9.17, 15) is 9.59 Å². The second-order valence-electron chi connectivity index (χ2n) is 5.75. The van der Waals surface area contributed by atoms with Gasteiger partial charge < -0.3 is 20.1 Å². The Labute approximate surface area is 136 Å². The van der Waals surface area contributed by atoms with Crippen LogP contribution in [0.2, 0.25) is 0 Å². The fourth-order valence-corrected chi connectivity index (χ4v) is 2.72. The molecule has 0 heterocycles. The number of amides is 2. The maximum atomic E-state index is 12.4. The quantitative estimate of drug-likeness (QED) is 0.839. The highest BCUT2D eigenvalue weighted by molar-refractivity contribution is 5.99. The maximum Gasteiger partial charge on any atom is 0.255 e. The van der Waals surface area contributed by atoms with Crippen molar-refractivity contribution < 1.29 is 19.1 Å². The first-order valence-electron chi connectivity index (χ1n) is 7.88. The van der Waals surface area contributed by atoms with Crippen LogP contribution in [0.15, 0.2) is 18.2 Å². The Kier molecular flexibility index (Phi) is 5.84. The largest absolute Gasteiger partial charge is 0.497 e. The number of carbonyl (C=O) groups is 2. The lowest BCUT2D eigenvalue weighted by molar-refractivity contribution is -0.123. The lowest BCUT2D eigenvalue weighted by Gasteiger charge is -2.18. The van der Waals surface area contributed by atoms with E-state index in [4.69, 9.17) is 9.47 Å². The highest BCUT2D eigenvalue weighted by Gasteiger charge is 2.23. The van der Waals surface area contributed by atoms with Crippen LogP contribution in [-0.4, -0.2) is 38.1 Å². The summed E-state index contributed by atoms with van der Waals surface area (Å²) in [6.07, 6.45) is 4.32. The Hall–Kier alpha value is -2.24. The summed E-state index contributed by atoms with van der Waals surface area (Å²) in [6.45, 7) is 1.68. The number of nitrogens with one attached hydrogen (secondary N) is 2. The molecule has 1 aromatic rings. The van der Waals surface area contributed by atoms with Crippen molar-refractivity contribution >= 4 is 11.8 Å². The van der Waals surface area contributed by atoms with E-state index in [2.05, 4.69) is 10.6 Å². The maximum absolute atomic E-state index is 12.4. The molecular formula is C17H24N2O4. The predicted molar refractivity (Wildman–Crippen MR) is 86.9 cm³/mol. The molecule has 1 atom stereocenters. The SMILES string of the molecule is COc1ccc(C(=O)N[C@H](C)C(=O)NC2CCCC2)c(OC)c1. The topological polar surface area (TPSA) is 76.7 Å². The number of methoxy groups -OCH3 is 2. The molecule has 1 aliphatic carbocycles. The standard InChI is InChI=1S/C17H24N2O4/c1-11(16(20)19-12-6-4-5-7-12)18-17(21)14-9-8-13(22-2)10-15(14)23-3/h8-12H,4-7H2,1-3H3,(H,18,21)(H,19,20)/t11-/m1/s1. The first kappa shape index (κ1) is 17.1. The summed E-state index contributed by atoms with van der Waals surface area (Å²) in [6, 6.07) is 4.57. The van der Waals surface area contributed by atoms with E-state index in [-0.39, 0.29) is 17.9 Å². The molecule has 23 heavy (non-hydrogen) atoms. The molecule has 126 valence electrons. The van der Waals surface area contributed by atoms with E-state index in [1.165, 1.54) is 7.11 Å². The van der Waals surface area contributed by atoms with Gasteiger partial charge in [0.1, 0.15) is 17.5 Å². The Morgan fingerprint density at radius 1 is 1.17 bits per heavy atom. The van der Waals surface area contributed by atoms with Crippen molar-refractivity contribution in [2.75, 3.05) is 14.2 Å². The van der Waals surface area contributed by atoms with Crippen molar-refractivity contribution in [2.45, 2.75) is 44.7 Å². The van der Waals surface area contributed by atoms with E-state index in [0.717, 1.165) is 25.7 Å². The average Bonchev–Trinajstić information content (AvgIpc) is 3.06. The monoisotopic (exact) mass is 320 g/mol. The fourth-order valence-electron chi connectivity index (χ4n) is 2.72. The number of rotatable bonds is 6. The number of carbonyl (C=O) groups excluding carboxylic acids is 2. The molecule has 2 rings (SSSR count). The van der Waals surface area contributed by atoms with Crippen LogP contribution in [0.25, 0.3) is 0 Å². The summed E-state index contributed by atoms with van der Waals surface area (Å²) >= 11 is 0. The van der Waals surface area contributed by atoms with E-state index in [1.54, 1.807) is 32.2 Å². The molecule has 0 saturated heterocycles. The summed E-state index contributed by atoms with van der Waals surface area (Å²) in [5.74, 6) is 0.506. The second kappa shape index (κ2) is 7.85. The minimum atomic E-state index is -0.602. The lowest BCUT2D eigenvalue weighted by Crippen LogP contribution is -2.47. The minimum Gasteiger partial charge on any atom is -0.497 e. The summed E-state index contributed by atoms with van der Waals surface area (Å²) in [7, 11) is 3.03. The van der Waals surface area contributed by atoms with Gasteiger partial charge in [0.25, 0.3) is 5.91 Å². The van der Waals surface area contributed by atoms with Crippen LogP contribution in [0.4, 0.5) is 0 Å². The molecule has 0 bridgehead atoms. The first-order chi connectivity index (χ1) is 11.0. The van der Waals surface area contributed by atoms with Crippen LogP contribution in [-0.2, 0) is 4.79 Å². The Bertz CT molecular complexity index is 568. The zero-order valence-electron chi connectivity index (χ0n) is 13.8. The molecule has 0 spiro atoms. The highest BCUT2D eigenvalue weighted by atomic mass is 16.5. The zero-order chi connectivity index (χ0) is 16.8. The van der Waals surface area contributed by atoms with Crippen molar-refractivity contribution in [3.8, 4) is 11.5 Å². The Morgan fingerprint density at radius 3 is 2.48 bits per heavy atom. The predicted octanol–water partition coefficient (Wildman–Crippen LogP) is 1.88. The number of hydrogen-bond acceptors (Lipinski definition) is 4. The molecular weight excluding hydrogens is 296 g/mol. The first-order valence-corrected chi connectivity index (χ1v) is 7.88. The van der Waals surface area contributed by atoms with Gasteiger partial charge in [-0.2, -0.15) is 0 Å². The molecule has 0 unspecified atom stereocenters. The van der Waals surface area contributed by atoms with Gasteiger partial charge in [0.15, 0.2) is 0 Å². The molecule has 6 heteroatoms. The van der Waals surface area contributed by atoms with Gasteiger partial charge in [-0.1, -0.05) is 12.8 Å². The summed E-state index contributed by atoms with van der Waals surface area (Å²) < 4.78 is 10.3. The van der Waals surface area contributed by atoms with E-state index in [0.29, 0.717) is 17.1 Å². The minimum absolute atomic E-state index is 0.155. The van der Waals surface area contributed by atoms with Crippen LogP contribution in [0, 0.1) is 0 Å². The molecule has 6 nitrogen and oxygen atoms in total. The Balaban J connectivity index is 1.98. The van der Waals surface area contributed by atoms with Gasteiger partial charge in [-0.3, -0.25) is 9.59 Å². The Morgan fingerprint density at radius 2 is 1.87 bits per heavy atom. The van der Waals surface area contributed by atoms with Crippen molar-refractivity contribution in [3.63, 3.8) is 0 Å². The van der Waals surface area contributed by atoms with Crippen molar-refractivity contribution in [1.29, 1.82) is 0 Å². The van der Waals surface area contributed by atoms with Crippen molar-refractivity contribution in [2.24, 2.45) is 0 Å². The fraction of sp³-hybridized carbons (Fsp3) is 0.529. The van der Waals surface area contributed by atoms with Gasteiger partial charge in [-0.05, 0) is 31.9 Å². The number of benzene rings is 1. The van der Waals surface area contributed by atoms with Crippen LogP contribution in [0.5, 0.6) is 11.5 Å². The smallest absolute Gasteiger partial charge is 0.255 e. The number of hydrogen-bond donors (Lipinski definition) is 2. The van der Waals surface area contributed by atoms with E-state index in [1.807, 2.05) is 0 Å². The molecule has 0 aromatic heterocycles. The summed E-state index contributed by atoms with van der Waals surface area (Å²) in [4.78, 5) is 24.5. The van der Waals surface area contributed by atoms with Gasteiger partial charge in [0.2, 0.25) is 5.91 Å². The third kappa shape index (κ3) is 4.37. The zero-order valence-corrected chi connectivity index (χ0v) is 13.8. The van der Waals surface area contributed by atoms with Crippen LogP contribution in [0.1, 0.15) is 43.0 Å². The summed E-state index contributed by atoms with van der Waals surface area (Å²) in [5.41, 5.74) is 0.369. The van der Waals surface area contributed by atoms with Crippen molar-refractivity contribution in [3.05, 3.63) is 23.8 Å². The van der Waals surface area contributed by atoms with Crippen LogP contribution >= 0.6 is 0 Å². The second-order valence-corrected chi connectivity index (χ2v) is 5.75. The molecule has 0 radical (unpaired) electrons. The third-order valence-corrected chi connectivity index (χ3v) is 4.10. The lowest BCUT2D eigenvalue weighted by atomic mass is 10.1. The van der Waals surface area contributed by atoms with Gasteiger partial charge in [0.05, 0.1) is 19.8 Å². The van der Waals surface area contributed by atoms with Gasteiger partial charge in [0, 0.05) is 12.1 Å². The summed E-state index contributed by atoms with van der Waals surface area (Å²) in [5, 5.41) is 5.69. The van der Waals surface area contributed by atoms with Gasteiger partial charge in [-0.25, -0.2) is 0 Å². The normalized spacial score (nSPS) is 15.8. The molecule has 1 aliphatic rings. The molecule has 1 fully saturated rings. The molecule has 0 aliphatic heterocycles. The van der Waals surface area contributed by atoms with Gasteiger partial charge in [-0.15, -0.1) is 0 Å². The average molecular weight is 320 g/mol. The number of ether oxygens (including phenoxy) is 2. The third-order valence-electron chi connectivity index (χ3n) is 4.10.